The number of amides is 1. The van der Waals surface area contributed by atoms with Crippen LogP contribution in [-0.4, -0.2) is 48.2 Å². The first-order valence-electron chi connectivity index (χ1n) is 6.89. The van der Waals surface area contributed by atoms with E-state index in [1.807, 2.05) is 0 Å². The molecule has 2 heterocycles. The molecule has 0 spiro atoms. The lowest BCUT2D eigenvalue weighted by atomic mass is 9.74. The summed E-state index contributed by atoms with van der Waals surface area (Å²) in [5.74, 6) is -1.21. The predicted molar refractivity (Wildman–Crippen MR) is 76.4 cm³/mol. The average molecular weight is 310 g/mol. The summed E-state index contributed by atoms with van der Waals surface area (Å²) in [5, 5.41) is 9.99. The summed E-state index contributed by atoms with van der Waals surface area (Å²) < 4.78 is 5.39. The Kier molecular flexibility index (Phi) is 3.63. The second kappa shape index (κ2) is 5.31. The average Bonchev–Trinajstić information content (AvgIpc) is 2.88. The van der Waals surface area contributed by atoms with Crippen LogP contribution in [0.1, 0.15) is 16.8 Å². The van der Waals surface area contributed by atoms with E-state index < -0.39 is 11.4 Å². The molecule has 0 aromatic heterocycles. The van der Waals surface area contributed by atoms with Crippen LogP contribution < -0.4 is 0 Å². The molecule has 5 nitrogen and oxygen atoms in total. The molecule has 0 unspecified atom stereocenters. The van der Waals surface area contributed by atoms with Gasteiger partial charge in [0.1, 0.15) is 0 Å². The van der Waals surface area contributed by atoms with Crippen molar-refractivity contribution in [1.29, 1.82) is 0 Å². The zero-order valence-corrected chi connectivity index (χ0v) is 12.2. The first-order chi connectivity index (χ1) is 10.0. The van der Waals surface area contributed by atoms with Crippen LogP contribution in [0.4, 0.5) is 0 Å². The molecule has 1 amide bonds. The highest BCUT2D eigenvalue weighted by atomic mass is 35.5. The van der Waals surface area contributed by atoms with Gasteiger partial charge in [0.15, 0.2) is 0 Å². The number of likely N-dealkylation sites (tertiary alicyclic amines) is 1. The second-order valence-corrected chi connectivity index (χ2v) is 6.06. The third kappa shape index (κ3) is 2.30. The molecule has 1 aromatic carbocycles. The number of carbonyl (C=O) groups is 2. The van der Waals surface area contributed by atoms with Gasteiger partial charge in [-0.15, -0.1) is 0 Å². The van der Waals surface area contributed by atoms with Gasteiger partial charge in [-0.2, -0.15) is 0 Å². The third-order valence-corrected chi connectivity index (χ3v) is 4.85. The van der Waals surface area contributed by atoms with Crippen molar-refractivity contribution in [2.75, 3.05) is 26.3 Å². The fraction of sp³-hybridized carbons (Fsp3) is 0.467. The van der Waals surface area contributed by atoms with Crippen LogP contribution in [0.3, 0.4) is 0 Å². The molecule has 0 bridgehead atoms. The molecule has 0 aliphatic carbocycles. The van der Waals surface area contributed by atoms with Crippen molar-refractivity contribution in [2.45, 2.75) is 6.42 Å². The summed E-state index contributed by atoms with van der Waals surface area (Å²) >= 11 is 6.06. The Morgan fingerprint density at radius 3 is 2.81 bits per heavy atom. The number of hydrogen-bond acceptors (Lipinski definition) is 3. The SMILES string of the molecule is O=C(c1ccccc1Cl)N1C[C@H]2COCC[C@@]2(C(=O)O)C1. The Morgan fingerprint density at radius 1 is 1.38 bits per heavy atom. The Morgan fingerprint density at radius 2 is 2.14 bits per heavy atom. The summed E-state index contributed by atoms with van der Waals surface area (Å²) in [6.07, 6.45) is 0.444. The quantitative estimate of drug-likeness (QED) is 0.906. The van der Waals surface area contributed by atoms with Gasteiger partial charge in [0.2, 0.25) is 0 Å². The molecule has 2 aliphatic heterocycles. The highest BCUT2D eigenvalue weighted by Crippen LogP contribution is 2.43. The molecule has 2 atom stereocenters. The molecule has 0 saturated carbocycles. The minimum absolute atomic E-state index is 0.157. The molecule has 1 aromatic rings. The Labute approximate surface area is 127 Å². The van der Waals surface area contributed by atoms with Crippen molar-refractivity contribution in [3.8, 4) is 0 Å². The number of rotatable bonds is 2. The first-order valence-corrected chi connectivity index (χ1v) is 7.27. The third-order valence-electron chi connectivity index (χ3n) is 4.52. The second-order valence-electron chi connectivity index (χ2n) is 5.65. The van der Waals surface area contributed by atoms with Crippen molar-refractivity contribution in [2.24, 2.45) is 11.3 Å². The van der Waals surface area contributed by atoms with Gasteiger partial charge in [-0.3, -0.25) is 9.59 Å². The lowest BCUT2D eigenvalue weighted by molar-refractivity contribution is -0.157. The summed E-state index contributed by atoms with van der Waals surface area (Å²) in [5.41, 5.74) is -0.464. The number of halogens is 1. The number of hydrogen-bond donors (Lipinski definition) is 1. The van der Waals surface area contributed by atoms with Gasteiger partial charge in [-0.1, -0.05) is 23.7 Å². The number of fused-ring (bicyclic) bond motifs is 1. The number of carboxylic acid groups (broad SMARTS) is 1. The molecular weight excluding hydrogens is 294 g/mol. The highest BCUT2D eigenvalue weighted by molar-refractivity contribution is 6.33. The van der Waals surface area contributed by atoms with Crippen molar-refractivity contribution in [3.63, 3.8) is 0 Å². The van der Waals surface area contributed by atoms with Crippen molar-refractivity contribution >= 4 is 23.5 Å². The van der Waals surface area contributed by atoms with E-state index in [0.717, 1.165) is 0 Å². The van der Waals surface area contributed by atoms with E-state index in [1.54, 1.807) is 29.2 Å². The van der Waals surface area contributed by atoms with Crippen LogP contribution in [0.25, 0.3) is 0 Å². The number of carboxylic acids is 1. The number of benzene rings is 1. The van der Waals surface area contributed by atoms with Gasteiger partial charge in [0, 0.05) is 25.6 Å². The van der Waals surface area contributed by atoms with Crippen LogP contribution in [0.2, 0.25) is 5.02 Å². The van der Waals surface area contributed by atoms with Crippen molar-refractivity contribution in [1.82, 2.24) is 4.90 Å². The highest BCUT2D eigenvalue weighted by Gasteiger charge is 2.55. The van der Waals surface area contributed by atoms with Gasteiger partial charge in [-0.05, 0) is 18.6 Å². The van der Waals surface area contributed by atoms with E-state index in [1.165, 1.54) is 0 Å². The molecule has 112 valence electrons. The minimum atomic E-state index is -0.880. The van der Waals surface area contributed by atoms with Crippen LogP contribution in [0.15, 0.2) is 24.3 Å². The van der Waals surface area contributed by atoms with Crippen molar-refractivity contribution < 1.29 is 19.4 Å². The summed E-state index contributed by atoms with van der Waals surface area (Å²) in [7, 11) is 0. The Hall–Kier alpha value is -1.59. The van der Waals surface area contributed by atoms with E-state index in [0.29, 0.717) is 36.8 Å². The maximum absolute atomic E-state index is 12.6. The van der Waals surface area contributed by atoms with Crippen LogP contribution in [-0.2, 0) is 9.53 Å². The number of nitrogens with zero attached hydrogens (tertiary/aromatic N) is 1. The van der Waals surface area contributed by atoms with E-state index in [2.05, 4.69) is 0 Å². The molecular formula is C15H16ClNO4. The van der Waals surface area contributed by atoms with Crippen LogP contribution in [0.5, 0.6) is 0 Å². The van der Waals surface area contributed by atoms with E-state index in [9.17, 15) is 14.7 Å². The van der Waals surface area contributed by atoms with E-state index >= 15 is 0 Å². The maximum Gasteiger partial charge on any atom is 0.311 e. The molecule has 0 radical (unpaired) electrons. The zero-order valence-electron chi connectivity index (χ0n) is 11.4. The fourth-order valence-corrected chi connectivity index (χ4v) is 3.48. The summed E-state index contributed by atoms with van der Waals surface area (Å²) in [6.45, 7) is 1.44. The molecule has 21 heavy (non-hydrogen) atoms. The van der Waals surface area contributed by atoms with Gasteiger partial charge < -0.3 is 14.7 Å². The first kappa shape index (κ1) is 14.4. The standard InChI is InChI=1S/C15H16ClNO4/c16-12-4-2-1-3-11(12)13(18)17-7-10-8-21-6-5-15(10,9-17)14(19)20/h1-4,10H,5-9H2,(H,19,20)/t10-,15+/m0/s1. The van der Waals surface area contributed by atoms with Gasteiger partial charge in [0.25, 0.3) is 5.91 Å². The lowest BCUT2D eigenvalue weighted by Crippen LogP contribution is -2.45. The maximum atomic E-state index is 12.6. The zero-order chi connectivity index (χ0) is 15.0. The van der Waals surface area contributed by atoms with Crippen molar-refractivity contribution in [3.05, 3.63) is 34.9 Å². The number of ether oxygens (including phenoxy) is 1. The normalized spacial score (nSPS) is 28.2. The monoisotopic (exact) mass is 309 g/mol. The van der Waals surface area contributed by atoms with E-state index in [4.69, 9.17) is 16.3 Å². The van der Waals surface area contributed by atoms with Crippen LogP contribution in [0, 0.1) is 11.3 Å². The molecule has 1 N–H and O–H groups in total. The number of carbonyl (C=O) groups excluding carboxylic acids is 1. The van der Waals surface area contributed by atoms with Gasteiger partial charge in [-0.25, -0.2) is 0 Å². The molecule has 6 heteroatoms. The minimum Gasteiger partial charge on any atom is -0.481 e. The van der Waals surface area contributed by atoms with E-state index in [-0.39, 0.29) is 18.4 Å². The Bertz CT molecular complexity index is 591. The van der Waals surface area contributed by atoms with Crippen LogP contribution >= 0.6 is 11.6 Å². The van der Waals surface area contributed by atoms with Gasteiger partial charge in [0.05, 0.1) is 22.6 Å². The molecule has 3 rings (SSSR count). The smallest absolute Gasteiger partial charge is 0.311 e. The summed E-state index contributed by atoms with van der Waals surface area (Å²) in [4.78, 5) is 25.9. The predicted octanol–water partition coefficient (Wildman–Crippen LogP) is 1.90. The van der Waals surface area contributed by atoms with Gasteiger partial charge >= 0.3 is 5.97 Å². The molecule has 2 fully saturated rings. The largest absolute Gasteiger partial charge is 0.481 e. The summed E-state index contributed by atoms with van der Waals surface area (Å²) in [6, 6.07) is 6.83. The fourth-order valence-electron chi connectivity index (χ4n) is 3.26. The number of aliphatic carboxylic acids is 1. The molecule has 2 saturated heterocycles. The molecule has 2 aliphatic rings. The topological polar surface area (TPSA) is 66.8 Å². The lowest BCUT2D eigenvalue weighted by Gasteiger charge is -2.33. The Balaban J connectivity index is 1.87.